The predicted molar refractivity (Wildman–Crippen MR) is 104 cm³/mol. The highest BCUT2D eigenvalue weighted by Crippen LogP contribution is 2.37. The Hall–Kier alpha value is -1.57. The topological polar surface area (TPSA) is 49.7 Å². The van der Waals surface area contributed by atoms with Gasteiger partial charge in [-0.1, -0.05) is 11.6 Å². The van der Waals surface area contributed by atoms with E-state index in [1.54, 1.807) is 26.8 Å². The zero-order valence-electron chi connectivity index (χ0n) is 16.6. The summed E-state index contributed by atoms with van der Waals surface area (Å²) in [6.45, 7) is 12.9. The van der Waals surface area contributed by atoms with Crippen molar-refractivity contribution in [2.75, 3.05) is 0 Å². The van der Waals surface area contributed by atoms with Crippen molar-refractivity contribution in [2.45, 2.75) is 65.3 Å². The van der Waals surface area contributed by atoms with Crippen molar-refractivity contribution in [3.63, 3.8) is 0 Å². The molecule has 1 aliphatic rings. The maximum absolute atomic E-state index is 14.7. The van der Waals surface area contributed by atoms with Crippen molar-refractivity contribution in [3.05, 3.63) is 29.2 Å². The lowest BCUT2D eigenvalue weighted by Crippen LogP contribution is -2.41. The van der Waals surface area contributed by atoms with Crippen LogP contribution in [0.3, 0.4) is 0 Å². The molecule has 0 aliphatic carbocycles. The van der Waals surface area contributed by atoms with Crippen molar-refractivity contribution in [2.24, 2.45) is 0 Å². The zero-order chi connectivity index (χ0) is 20.4. The fourth-order valence-electron chi connectivity index (χ4n) is 2.92. The lowest BCUT2D eigenvalue weighted by atomic mass is 9.79. The van der Waals surface area contributed by atoms with Gasteiger partial charge in [-0.05, 0) is 60.6 Å². The van der Waals surface area contributed by atoms with Gasteiger partial charge in [0, 0.05) is 22.1 Å². The number of halogens is 2. The smallest absolute Gasteiger partial charge is 0.443 e. The maximum atomic E-state index is 14.7. The van der Waals surface area contributed by atoms with Crippen molar-refractivity contribution in [1.82, 2.24) is 4.57 Å². The Morgan fingerprint density at radius 2 is 1.74 bits per heavy atom. The van der Waals surface area contributed by atoms with Gasteiger partial charge in [0.25, 0.3) is 0 Å². The predicted octanol–water partition coefficient (Wildman–Crippen LogP) is 4.52. The number of carbonyl (C=O) groups is 1. The molecule has 0 unspecified atom stereocenters. The molecule has 146 valence electrons. The number of carbonyl (C=O) groups excluding carboxylic acids is 1. The Balaban J connectivity index is 2.16. The van der Waals surface area contributed by atoms with Crippen LogP contribution in [0.2, 0.25) is 5.02 Å². The number of ether oxygens (including phenoxy) is 1. The molecule has 0 N–H and O–H groups in total. The van der Waals surface area contributed by atoms with E-state index in [2.05, 4.69) is 0 Å². The quantitative estimate of drug-likeness (QED) is 0.666. The van der Waals surface area contributed by atoms with Crippen LogP contribution in [0.25, 0.3) is 10.9 Å². The molecule has 0 spiro atoms. The van der Waals surface area contributed by atoms with Gasteiger partial charge in [-0.3, -0.25) is 0 Å². The molecule has 2 heterocycles. The fraction of sp³-hybridized carbons (Fsp3) is 0.526. The van der Waals surface area contributed by atoms with Crippen LogP contribution in [0, 0.1) is 5.82 Å². The van der Waals surface area contributed by atoms with Crippen LogP contribution in [0.1, 0.15) is 48.5 Å². The summed E-state index contributed by atoms with van der Waals surface area (Å²) in [4.78, 5) is 12.7. The highest BCUT2D eigenvalue weighted by Gasteiger charge is 2.52. The molecule has 0 bridgehead atoms. The van der Waals surface area contributed by atoms with Gasteiger partial charge in [0.05, 0.1) is 16.7 Å². The average molecular weight is 396 g/mol. The molecule has 0 radical (unpaired) electrons. The lowest BCUT2D eigenvalue weighted by molar-refractivity contribution is 0.00578. The molecule has 5 nitrogen and oxygen atoms in total. The molecular weight excluding hydrogens is 371 g/mol. The van der Waals surface area contributed by atoms with E-state index in [9.17, 15) is 9.18 Å². The second-order valence-electron chi connectivity index (χ2n) is 8.81. The van der Waals surface area contributed by atoms with Crippen molar-refractivity contribution >= 4 is 41.2 Å². The lowest BCUT2D eigenvalue weighted by Gasteiger charge is -2.32. The van der Waals surface area contributed by atoms with E-state index in [1.807, 2.05) is 27.7 Å². The highest BCUT2D eigenvalue weighted by molar-refractivity contribution is 6.65. The minimum absolute atomic E-state index is 0.0818. The number of benzene rings is 1. The fourth-order valence-corrected chi connectivity index (χ4v) is 3.12. The average Bonchev–Trinajstić information content (AvgIpc) is 2.92. The Morgan fingerprint density at radius 3 is 2.26 bits per heavy atom. The monoisotopic (exact) mass is 395 g/mol. The van der Waals surface area contributed by atoms with Crippen LogP contribution < -0.4 is 5.46 Å². The van der Waals surface area contributed by atoms with Crippen molar-refractivity contribution in [3.8, 4) is 0 Å². The van der Waals surface area contributed by atoms with Crippen LogP contribution in [0.15, 0.2) is 18.3 Å². The number of rotatable bonds is 1. The largest absolute Gasteiger partial charge is 0.497 e. The van der Waals surface area contributed by atoms with Gasteiger partial charge < -0.3 is 14.0 Å². The Labute approximate surface area is 163 Å². The van der Waals surface area contributed by atoms with Gasteiger partial charge in [0.2, 0.25) is 0 Å². The SMILES string of the molecule is CC(C)(C)OC(=O)n1cc(B2OC(C)(C)C(C)(C)O2)c2cc(Cl)cc(F)c21. The third-order valence-corrected chi connectivity index (χ3v) is 5.16. The summed E-state index contributed by atoms with van der Waals surface area (Å²) < 4.78 is 33.4. The summed E-state index contributed by atoms with van der Waals surface area (Å²) in [7, 11) is -0.765. The molecule has 8 heteroatoms. The number of nitrogens with zero attached hydrogens (tertiary/aromatic N) is 1. The molecule has 0 amide bonds. The van der Waals surface area contributed by atoms with Gasteiger partial charge in [0.15, 0.2) is 0 Å². The number of hydrogen-bond donors (Lipinski definition) is 0. The summed E-state index contributed by atoms with van der Waals surface area (Å²) in [5.74, 6) is -0.619. The molecule has 1 aliphatic heterocycles. The van der Waals surface area contributed by atoms with E-state index in [0.29, 0.717) is 10.8 Å². The third-order valence-electron chi connectivity index (χ3n) is 4.95. The van der Waals surface area contributed by atoms with Crippen LogP contribution in [-0.2, 0) is 14.0 Å². The molecule has 1 aromatic carbocycles. The summed E-state index contributed by atoms with van der Waals surface area (Å²) in [5.41, 5.74) is -1.26. The summed E-state index contributed by atoms with van der Waals surface area (Å²) in [6, 6.07) is 2.76. The molecule has 3 rings (SSSR count). The van der Waals surface area contributed by atoms with Crippen LogP contribution >= 0.6 is 11.6 Å². The zero-order valence-corrected chi connectivity index (χ0v) is 17.4. The van der Waals surface area contributed by atoms with E-state index in [4.69, 9.17) is 25.6 Å². The Kier molecular flexibility index (Phi) is 4.65. The third kappa shape index (κ3) is 3.60. The molecule has 27 heavy (non-hydrogen) atoms. The molecule has 1 saturated heterocycles. The van der Waals surface area contributed by atoms with Gasteiger partial charge >= 0.3 is 13.2 Å². The normalized spacial score (nSPS) is 18.9. The summed E-state index contributed by atoms with van der Waals surface area (Å²) in [5, 5.41) is 0.670. The maximum Gasteiger partial charge on any atom is 0.497 e. The van der Waals surface area contributed by atoms with Crippen molar-refractivity contribution in [1.29, 1.82) is 0 Å². The molecule has 0 saturated carbocycles. The minimum Gasteiger partial charge on any atom is -0.443 e. The van der Waals surface area contributed by atoms with E-state index >= 15 is 0 Å². The second kappa shape index (κ2) is 6.22. The van der Waals surface area contributed by atoms with Gasteiger partial charge in [-0.2, -0.15) is 0 Å². The van der Waals surface area contributed by atoms with Crippen LogP contribution in [-0.4, -0.2) is 34.6 Å². The first-order chi connectivity index (χ1) is 12.2. The molecule has 2 aromatic rings. The van der Waals surface area contributed by atoms with E-state index in [-0.39, 0.29) is 10.5 Å². The second-order valence-corrected chi connectivity index (χ2v) is 9.24. The van der Waals surface area contributed by atoms with Gasteiger partial charge in [0.1, 0.15) is 11.4 Å². The van der Waals surface area contributed by atoms with Gasteiger partial charge in [-0.15, -0.1) is 0 Å². The van der Waals surface area contributed by atoms with E-state index in [1.165, 1.54) is 12.3 Å². The van der Waals surface area contributed by atoms with Crippen molar-refractivity contribution < 1.29 is 23.2 Å². The summed E-state index contributed by atoms with van der Waals surface area (Å²) in [6.07, 6.45) is 0.816. The summed E-state index contributed by atoms with van der Waals surface area (Å²) >= 11 is 6.06. The molecule has 0 atom stereocenters. The first kappa shape index (κ1) is 20.2. The van der Waals surface area contributed by atoms with E-state index in [0.717, 1.165) is 4.57 Å². The number of fused-ring (bicyclic) bond motifs is 1. The number of aromatic nitrogens is 1. The van der Waals surface area contributed by atoms with Gasteiger partial charge in [-0.25, -0.2) is 13.8 Å². The molecule has 1 aromatic heterocycles. The standard InChI is InChI=1S/C19H24BClFNO4/c1-17(2,3)25-16(24)23-10-13(12-8-11(21)9-14(22)15(12)23)20-26-18(4,5)19(6,7)27-20/h8-10H,1-7H3. The first-order valence-electron chi connectivity index (χ1n) is 8.81. The van der Waals surface area contributed by atoms with Crippen LogP contribution in [0.4, 0.5) is 9.18 Å². The highest BCUT2D eigenvalue weighted by atomic mass is 35.5. The first-order valence-corrected chi connectivity index (χ1v) is 9.19. The minimum atomic E-state index is -0.765. The Bertz CT molecular complexity index is 901. The Morgan fingerprint density at radius 1 is 1.19 bits per heavy atom. The molecule has 1 fully saturated rings. The number of hydrogen-bond acceptors (Lipinski definition) is 4. The van der Waals surface area contributed by atoms with Crippen LogP contribution in [0.5, 0.6) is 0 Å². The molecular formula is C19H24BClFNO4. The van der Waals surface area contributed by atoms with E-state index < -0.39 is 35.8 Å².